The summed E-state index contributed by atoms with van der Waals surface area (Å²) in [6, 6.07) is 10.4. The molecule has 2 unspecified atom stereocenters. The van der Waals surface area contributed by atoms with Crippen molar-refractivity contribution < 1.29 is 4.74 Å². The second kappa shape index (κ2) is 6.83. The maximum absolute atomic E-state index is 5.71. The Kier molecular flexibility index (Phi) is 4.62. The van der Waals surface area contributed by atoms with Gasteiger partial charge in [0, 0.05) is 6.61 Å². The molecule has 0 bridgehead atoms. The minimum Gasteiger partial charge on any atom is -0.378 e. The predicted molar refractivity (Wildman–Crippen MR) is 81.4 cm³/mol. The normalized spacial score (nSPS) is 19.8. The van der Waals surface area contributed by atoms with Crippen molar-refractivity contribution >= 4 is 0 Å². The Morgan fingerprint density at radius 2 is 2.24 bits per heavy atom. The SMILES string of the molecule is CNC(CCC1CCCO1)c1cnnn1-c1ccccc1. The van der Waals surface area contributed by atoms with Crippen molar-refractivity contribution in [3.63, 3.8) is 0 Å². The second-order valence-corrected chi connectivity index (χ2v) is 5.46. The fraction of sp³-hybridized carbons (Fsp3) is 0.500. The van der Waals surface area contributed by atoms with Crippen molar-refractivity contribution in [2.45, 2.75) is 37.8 Å². The van der Waals surface area contributed by atoms with Crippen LogP contribution in [0.1, 0.15) is 37.4 Å². The minimum atomic E-state index is 0.240. The lowest BCUT2D eigenvalue weighted by Gasteiger charge is -2.19. The monoisotopic (exact) mass is 286 g/mol. The van der Waals surface area contributed by atoms with Gasteiger partial charge in [-0.2, -0.15) is 0 Å². The van der Waals surface area contributed by atoms with Crippen LogP contribution in [-0.2, 0) is 4.74 Å². The van der Waals surface area contributed by atoms with E-state index < -0.39 is 0 Å². The minimum absolute atomic E-state index is 0.240. The number of para-hydroxylation sites is 1. The number of hydrogen-bond acceptors (Lipinski definition) is 4. The molecule has 2 aromatic rings. The Morgan fingerprint density at radius 1 is 1.38 bits per heavy atom. The van der Waals surface area contributed by atoms with Crippen molar-refractivity contribution in [3.8, 4) is 5.69 Å². The molecule has 1 aliphatic rings. The van der Waals surface area contributed by atoms with Gasteiger partial charge in [-0.25, -0.2) is 4.68 Å². The van der Waals surface area contributed by atoms with Crippen LogP contribution in [-0.4, -0.2) is 34.8 Å². The molecule has 2 atom stereocenters. The summed E-state index contributed by atoms with van der Waals surface area (Å²) >= 11 is 0. The summed E-state index contributed by atoms with van der Waals surface area (Å²) < 4.78 is 7.63. The lowest BCUT2D eigenvalue weighted by molar-refractivity contribution is 0.0996. The van der Waals surface area contributed by atoms with Crippen LogP contribution < -0.4 is 5.32 Å². The molecule has 21 heavy (non-hydrogen) atoms. The molecule has 1 aromatic carbocycles. The van der Waals surface area contributed by atoms with E-state index >= 15 is 0 Å². The smallest absolute Gasteiger partial charge is 0.0815 e. The van der Waals surface area contributed by atoms with E-state index in [0.29, 0.717) is 6.10 Å². The van der Waals surface area contributed by atoms with Crippen LogP contribution in [0.5, 0.6) is 0 Å². The third-order valence-corrected chi connectivity index (χ3v) is 4.08. The van der Waals surface area contributed by atoms with Crippen molar-refractivity contribution in [1.82, 2.24) is 20.3 Å². The van der Waals surface area contributed by atoms with Crippen LogP contribution in [0.2, 0.25) is 0 Å². The number of hydrogen-bond donors (Lipinski definition) is 1. The number of nitrogens with one attached hydrogen (secondary N) is 1. The zero-order chi connectivity index (χ0) is 14.5. The topological polar surface area (TPSA) is 52.0 Å². The van der Waals surface area contributed by atoms with Crippen LogP contribution >= 0.6 is 0 Å². The quantitative estimate of drug-likeness (QED) is 0.886. The lowest BCUT2D eigenvalue weighted by atomic mass is 10.0. The van der Waals surface area contributed by atoms with Crippen LogP contribution in [0.4, 0.5) is 0 Å². The molecule has 1 aromatic heterocycles. The van der Waals surface area contributed by atoms with Gasteiger partial charge in [0.15, 0.2) is 0 Å². The third kappa shape index (κ3) is 3.31. The van der Waals surface area contributed by atoms with Crippen LogP contribution in [0.15, 0.2) is 36.5 Å². The highest BCUT2D eigenvalue weighted by molar-refractivity contribution is 5.32. The Labute approximate surface area is 125 Å². The van der Waals surface area contributed by atoms with E-state index in [4.69, 9.17) is 4.74 Å². The van der Waals surface area contributed by atoms with E-state index in [1.165, 1.54) is 12.8 Å². The molecule has 0 amide bonds. The molecule has 3 rings (SSSR count). The van der Waals surface area contributed by atoms with Crippen molar-refractivity contribution in [2.24, 2.45) is 0 Å². The summed E-state index contributed by atoms with van der Waals surface area (Å²) in [4.78, 5) is 0. The maximum Gasteiger partial charge on any atom is 0.0815 e. The number of rotatable bonds is 6. The van der Waals surface area contributed by atoms with Gasteiger partial charge in [-0.1, -0.05) is 23.4 Å². The van der Waals surface area contributed by atoms with Crippen LogP contribution in [0, 0.1) is 0 Å². The molecule has 112 valence electrons. The largest absolute Gasteiger partial charge is 0.378 e. The van der Waals surface area contributed by atoms with Gasteiger partial charge >= 0.3 is 0 Å². The average Bonchev–Trinajstić information content (AvgIpc) is 3.20. The van der Waals surface area contributed by atoms with Crippen LogP contribution in [0.25, 0.3) is 5.69 Å². The fourth-order valence-corrected chi connectivity index (χ4v) is 2.92. The molecule has 1 saturated heterocycles. The Bertz CT molecular complexity index is 548. The summed E-state index contributed by atoms with van der Waals surface area (Å²) in [6.07, 6.45) is 6.75. The molecule has 1 N–H and O–H groups in total. The zero-order valence-electron chi connectivity index (χ0n) is 12.4. The highest BCUT2D eigenvalue weighted by atomic mass is 16.5. The fourth-order valence-electron chi connectivity index (χ4n) is 2.92. The third-order valence-electron chi connectivity index (χ3n) is 4.08. The van der Waals surface area contributed by atoms with Crippen molar-refractivity contribution in [1.29, 1.82) is 0 Å². The molecule has 1 aliphatic heterocycles. The zero-order valence-corrected chi connectivity index (χ0v) is 12.4. The molecule has 5 heteroatoms. The first kappa shape index (κ1) is 14.2. The molecule has 5 nitrogen and oxygen atoms in total. The van der Waals surface area contributed by atoms with Crippen LogP contribution in [0.3, 0.4) is 0 Å². The van der Waals surface area contributed by atoms with E-state index in [9.17, 15) is 0 Å². The molecule has 0 radical (unpaired) electrons. The first-order chi connectivity index (χ1) is 10.4. The van der Waals surface area contributed by atoms with Gasteiger partial charge in [-0.3, -0.25) is 0 Å². The number of ether oxygens (including phenoxy) is 1. The molecule has 2 heterocycles. The number of benzene rings is 1. The van der Waals surface area contributed by atoms with Gasteiger partial charge in [-0.05, 0) is 44.9 Å². The van der Waals surface area contributed by atoms with E-state index in [1.807, 2.05) is 48.3 Å². The molecule has 0 spiro atoms. The van der Waals surface area contributed by atoms with E-state index in [1.54, 1.807) is 0 Å². The molecular formula is C16H22N4O. The van der Waals surface area contributed by atoms with Gasteiger partial charge in [0.25, 0.3) is 0 Å². The maximum atomic E-state index is 5.71. The summed E-state index contributed by atoms with van der Waals surface area (Å²) in [5, 5.41) is 11.7. The standard InChI is InChI=1S/C16H22N4O/c1-17-15(10-9-14-8-5-11-21-14)16-12-18-19-20(16)13-6-3-2-4-7-13/h2-4,6-7,12,14-15,17H,5,8-11H2,1H3. The van der Waals surface area contributed by atoms with Gasteiger partial charge in [0.2, 0.25) is 0 Å². The highest BCUT2D eigenvalue weighted by Crippen LogP contribution is 2.24. The van der Waals surface area contributed by atoms with Gasteiger partial charge in [-0.15, -0.1) is 5.10 Å². The molecule has 1 fully saturated rings. The van der Waals surface area contributed by atoms with Crippen molar-refractivity contribution in [3.05, 3.63) is 42.2 Å². The molecular weight excluding hydrogens is 264 g/mol. The number of aromatic nitrogens is 3. The van der Waals surface area contributed by atoms with E-state index in [-0.39, 0.29) is 6.04 Å². The Morgan fingerprint density at radius 3 is 2.95 bits per heavy atom. The first-order valence-electron chi connectivity index (χ1n) is 7.63. The predicted octanol–water partition coefficient (Wildman–Crippen LogP) is 2.49. The molecule has 0 saturated carbocycles. The number of nitrogens with zero attached hydrogens (tertiary/aromatic N) is 3. The van der Waals surface area contributed by atoms with Crippen molar-refractivity contribution in [2.75, 3.05) is 13.7 Å². The van der Waals surface area contributed by atoms with Gasteiger partial charge < -0.3 is 10.1 Å². The summed E-state index contributed by atoms with van der Waals surface area (Å²) in [7, 11) is 1.99. The lowest BCUT2D eigenvalue weighted by Crippen LogP contribution is -2.21. The summed E-state index contributed by atoms with van der Waals surface area (Å²) in [5.41, 5.74) is 2.14. The Hall–Kier alpha value is -1.72. The highest BCUT2D eigenvalue weighted by Gasteiger charge is 2.21. The van der Waals surface area contributed by atoms with Gasteiger partial charge in [0.05, 0.1) is 29.7 Å². The van der Waals surface area contributed by atoms with E-state index in [0.717, 1.165) is 30.8 Å². The first-order valence-corrected chi connectivity index (χ1v) is 7.63. The summed E-state index contributed by atoms with van der Waals surface area (Å²) in [5.74, 6) is 0. The van der Waals surface area contributed by atoms with E-state index in [2.05, 4.69) is 15.6 Å². The molecule has 0 aliphatic carbocycles. The summed E-state index contributed by atoms with van der Waals surface area (Å²) in [6.45, 7) is 0.915. The second-order valence-electron chi connectivity index (χ2n) is 5.46. The average molecular weight is 286 g/mol. The Balaban J connectivity index is 1.73. The van der Waals surface area contributed by atoms with Gasteiger partial charge in [0.1, 0.15) is 0 Å².